The largest absolute Gasteiger partial charge is 0.478 e. The van der Waals surface area contributed by atoms with Crippen LogP contribution < -0.4 is 5.32 Å². The summed E-state index contributed by atoms with van der Waals surface area (Å²) < 4.78 is 5.13. The molecule has 102 valence electrons. The smallest absolute Gasteiger partial charge is 0.412 e. The average Bonchev–Trinajstić information content (AvgIpc) is 2.25. The van der Waals surface area contributed by atoms with Gasteiger partial charge in [-0.3, -0.25) is 5.32 Å². The molecule has 1 amide bonds. The summed E-state index contributed by atoms with van der Waals surface area (Å²) in [7, 11) is 0. The Balaban J connectivity index is 2.84. The van der Waals surface area contributed by atoms with Crippen molar-refractivity contribution in [3.63, 3.8) is 0 Å². The molecule has 0 aromatic heterocycles. The van der Waals surface area contributed by atoms with Crippen LogP contribution in [0.25, 0.3) is 6.08 Å². The van der Waals surface area contributed by atoms with Gasteiger partial charge in [0.15, 0.2) is 0 Å². The summed E-state index contributed by atoms with van der Waals surface area (Å²) in [5.74, 6) is -1.05. The first-order valence-electron chi connectivity index (χ1n) is 5.78. The van der Waals surface area contributed by atoms with Crippen molar-refractivity contribution in [2.75, 3.05) is 5.32 Å². The zero-order valence-corrected chi connectivity index (χ0v) is 11.1. The van der Waals surface area contributed by atoms with Crippen molar-refractivity contribution in [3.05, 3.63) is 35.9 Å². The minimum Gasteiger partial charge on any atom is -0.478 e. The molecule has 2 N–H and O–H groups in total. The molecule has 0 aliphatic rings. The van der Waals surface area contributed by atoms with Gasteiger partial charge < -0.3 is 9.84 Å². The van der Waals surface area contributed by atoms with Crippen molar-refractivity contribution in [2.45, 2.75) is 26.4 Å². The third-order valence-corrected chi connectivity index (χ3v) is 2.00. The summed E-state index contributed by atoms with van der Waals surface area (Å²) in [6.07, 6.45) is 1.84. The number of anilines is 1. The first kappa shape index (κ1) is 14.8. The number of ether oxygens (including phenoxy) is 1. The van der Waals surface area contributed by atoms with Crippen molar-refractivity contribution in [1.82, 2.24) is 0 Å². The fourth-order valence-corrected chi connectivity index (χ4v) is 1.33. The predicted molar refractivity (Wildman–Crippen MR) is 73.0 cm³/mol. The molecule has 0 unspecified atom stereocenters. The van der Waals surface area contributed by atoms with Gasteiger partial charge in [0.25, 0.3) is 0 Å². The Morgan fingerprint density at radius 3 is 2.47 bits per heavy atom. The minimum atomic E-state index is -1.05. The van der Waals surface area contributed by atoms with E-state index < -0.39 is 17.7 Å². The van der Waals surface area contributed by atoms with Gasteiger partial charge in [0.2, 0.25) is 0 Å². The number of carbonyl (C=O) groups is 2. The Morgan fingerprint density at radius 2 is 1.89 bits per heavy atom. The number of hydrogen-bond donors (Lipinski definition) is 2. The SMILES string of the molecule is CC(C)(C)OC(=O)Nc1ccccc1/C=C\C(=O)O. The summed E-state index contributed by atoms with van der Waals surface area (Å²) in [6.45, 7) is 5.30. The molecule has 1 rings (SSSR count). The van der Waals surface area contributed by atoms with Crippen molar-refractivity contribution < 1.29 is 19.4 Å². The fraction of sp³-hybridized carbons (Fsp3) is 0.286. The quantitative estimate of drug-likeness (QED) is 0.821. The van der Waals surface area contributed by atoms with E-state index >= 15 is 0 Å². The molecule has 0 aliphatic carbocycles. The van der Waals surface area contributed by atoms with Crippen LogP contribution in [-0.4, -0.2) is 22.8 Å². The zero-order chi connectivity index (χ0) is 14.5. The van der Waals surface area contributed by atoms with E-state index in [2.05, 4.69) is 5.32 Å². The van der Waals surface area contributed by atoms with Gasteiger partial charge in [0.1, 0.15) is 5.60 Å². The highest BCUT2D eigenvalue weighted by atomic mass is 16.6. The highest BCUT2D eigenvalue weighted by Crippen LogP contribution is 2.18. The molecule has 19 heavy (non-hydrogen) atoms. The molecule has 0 aliphatic heterocycles. The summed E-state index contributed by atoms with van der Waals surface area (Å²) in [6, 6.07) is 6.87. The van der Waals surface area contributed by atoms with Crippen LogP contribution in [0.5, 0.6) is 0 Å². The molecule has 1 aromatic carbocycles. The Kier molecular flexibility index (Phi) is 4.69. The Morgan fingerprint density at radius 1 is 1.26 bits per heavy atom. The number of rotatable bonds is 3. The van der Waals surface area contributed by atoms with Crippen molar-refractivity contribution in [2.24, 2.45) is 0 Å². The highest BCUT2D eigenvalue weighted by molar-refractivity contribution is 5.91. The third-order valence-electron chi connectivity index (χ3n) is 2.00. The molecule has 1 aromatic rings. The average molecular weight is 263 g/mol. The molecule has 0 saturated heterocycles. The Labute approximate surface area is 111 Å². The van der Waals surface area contributed by atoms with Crippen LogP contribution in [0.1, 0.15) is 26.3 Å². The molecule has 5 heteroatoms. The highest BCUT2D eigenvalue weighted by Gasteiger charge is 2.16. The van der Waals surface area contributed by atoms with Gasteiger partial charge >= 0.3 is 12.1 Å². The van der Waals surface area contributed by atoms with E-state index in [-0.39, 0.29) is 0 Å². The molecule has 0 atom stereocenters. The van der Waals surface area contributed by atoms with Crippen LogP contribution >= 0.6 is 0 Å². The second-order valence-corrected chi connectivity index (χ2v) is 4.89. The number of para-hydroxylation sites is 1. The van der Waals surface area contributed by atoms with E-state index in [4.69, 9.17) is 9.84 Å². The molecule has 0 spiro atoms. The Hall–Kier alpha value is -2.30. The second-order valence-electron chi connectivity index (χ2n) is 4.89. The molecule has 5 nitrogen and oxygen atoms in total. The number of aliphatic carboxylic acids is 1. The van der Waals surface area contributed by atoms with E-state index in [0.29, 0.717) is 11.3 Å². The minimum absolute atomic E-state index is 0.495. The van der Waals surface area contributed by atoms with Crippen LogP contribution in [0.15, 0.2) is 30.3 Å². The van der Waals surface area contributed by atoms with Crippen LogP contribution in [0.2, 0.25) is 0 Å². The van der Waals surface area contributed by atoms with E-state index in [1.54, 1.807) is 45.0 Å². The summed E-state index contributed by atoms with van der Waals surface area (Å²) in [4.78, 5) is 22.1. The molecule has 0 saturated carbocycles. The maximum Gasteiger partial charge on any atom is 0.412 e. The third kappa shape index (κ3) is 5.72. The van der Waals surface area contributed by atoms with Gasteiger partial charge in [-0.25, -0.2) is 9.59 Å². The first-order chi connectivity index (χ1) is 8.78. The topological polar surface area (TPSA) is 75.6 Å². The van der Waals surface area contributed by atoms with Gasteiger partial charge in [-0.15, -0.1) is 0 Å². The normalized spacial score (nSPS) is 11.3. The molecule has 0 bridgehead atoms. The zero-order valence-electron chi connectivity index (χ0n) is 11.1. The predicted octanol–water partition coefficient (Wildman–Crippen LogP) is 3.13. The lowest BCUT2D eigenvalue weighted by Crippen LogP contribution is -2.27. The van der Waals surface area contributed by atoms with Gasteiger partial charge in [-0.05, 0) is 38.5 Å². The molecular formula is C14H17NO4. The Bertz CT molecular complexity index is 500. The molecule has 0 fully saturated rings. The number of hydrogen-bond acceptors (Lipinski definition) is 3. The summed E-state index contributed by atoms with van der Waals surface area (Å²) in [5, 5.41) is 11.2. The molecule has 0 radical (unpaired) electrons. The summed E-state index contributed by atoms with van der Waals surface area (Å²) >= 11 is 0. The second kappa shape index (κ2) is 6.04. The maximum absolute atomic E-state index is 11.6. The van der Waals surface area contributed by atoms with Crippen LogP contribution in [-0.2, 0) is 9.53 Å². The van der Waals surface area contributed by atoms with Crippen molar-refractivity contribution >= 4 is 23.8 Å². The maximum atomic E-state index is 11.6. The molecule has 0 heterocycles. The van der Waals surface area contributed by atoms with E-state index in [1.807, 2.05) is 0 Å². The van der Waals surface area contributed by atoms with Crippen LogP contribution in [0.3, 0.4) is 0 Å². The number of carbonyl (C=O) groups excluding carboxylic acids is 1. The lowest BCUT2D eigenvalue weighted by atomic mass is 10.1. The van der Waals surface area contributed by atoms with Crippen LogP contribution in [0, 0.1) is 0 Å². The number of benzene rings is 1. The lowest BCUT2D eigenvalue weighted by Gasteiger charge is -2.20. The van der Waals surface area contributed by atoms with E-state index in [1.165, 1.54) is 6.08 Å². The number of carboxylic acids is 1. The first-order valence-corrected chi connectivity index (χ1v) is 5.78. The summed E-state index contributed by atoms with van der Waals surface area (Å²) in [5.41, 5.74) is 0.501. The number of nitrogens with one attached hydrogen (secondary N) is 1. The lowest BCUT2D eigenvalue weighted by molar-refractivity contribution is -0.131. The van der Waals surface area contributed by atoms with Crippen molar-refractivity contribution in [3.8, 4) is 0 Å². The van der Waals surface area contributed by atoms with Gasteiger partial charge in [-0.1, -0.05) is 18.2 Å². The fourth-order valence-electron chi connectivity index (χ4n) is 1.33. The van der Waals surface area contributed by atoms with E-state index in [0.717, 1.165) is 6.08 Å². The monoisotopic (exact) mass is 263 g/mol. The van der Waals surface area contributed by atoms with Gasteiger partial charge in [-0.2, -0.15) is 0 Å². The van der Waals surface area contributed by atoms with Gasteiger partial charge in [0.05, 0.1) is 5.69 Å². The van der Waals surface area contributed by atoms with Crippen LogP contribution in [0.4, 0.5) is 10.5 Å². The van der Waals surface area contributed by atoms with Gasteiger partial charge in [0, 0.05) is 6.08 Å². The number of amides is 1. The standard InChI is InChI=1S/C14H17NO4/c1-14(2,3)19-13(18)15-11-7-5-4-6-10(11)8-9-12(16)17/h4-9H,1-3H3,(H,15,18)(H,16,17)/b9-8-. The molecular weight excluding hydrogens is 246 g/mol. The van der Waals surface area contributed by atoms with Crippen molar-refractivity contribution in [1.29, 1.82) is 0 Å². The van der Waals surface area contributed by atoms with E-state index in [9.17, 15) is 9.59 Å². The number of carboxylic acid groups (broad SMARTS) is 1.